The van der Waals surface area contributed by atoms with Crippen molar-refractivity contribution in [3.05, 3.63) is 12.2 Å². The van der Waals surface area contributed by atoms with Crippen molar-refractivity contribution in [2.75, 3.05) is 13.2 Å². The molecule has 0 aliphatic heterocycles. The molecule has 0 aromatic carbocycles. The number of rotatable bonds is 7. The lowest BCUT2D eigenvalue weighted by molar-refractivity contribution is -0.144. The number of hydrogen-bond acceptors (Lipinski definition) is 5. The van der Waals surface area contributed by atoms with Crippen LogP contribution in [0.4, 0.5) is 0 Å². The fraction of sp³-hybridized carbons (Fsp3) is 0.545. The number of hydrogen-bond donors (Lipinski definition) is 0. The van der Waals surface area contributed by atoms with Crippen LogP contribution in [0, 0.1) is 0 Å². The van der Waals surface area contributed by atoms with Crippen LogP contribution in [0.5, 0.6) is 0 Å². The normalized spacial score (nSPS) is 10.1. The van der Waals surface area contributed by atoms with Crippen molar-refractivity contribution in [3.8, 4) is 0 Å². The molecular weight excluding hydrogens is 212 g/mol. The summed E-state index contributed by atoms with van der Waals surface area (Å²) in [5, 5.41) is 0. The minimum atomic E-state index is -0.563. The molecule has 0 atom stereocenters. The molecule has 0 amide bonds. The molecule has 0 N–H and O–H groups in total. The zero-order valence-electron chi connectivity index (χ0n) is 9.52. The lowest BCUT2D eigenvalue weighted by Gasteiger charge is -1.98. The highest BCUT2D eigenvalue weighted by Gasteiger charge is 2.05. The van der Waals surface area contributed by atoms with Crippen molar-refractivity contribution in [1.82, 2.24) is 0 Å². The third-order valence-corrected chi connectivity index (χ3v) is 1.57. The summed E-state index contributed by atoms with van der Waals surface area (Å²) in [4.78, 5) is 32.9. The minimum Gasteiger partial charge on any atom is -0.466 e. The molecule has 0 aromatic heterocycles. The summed E-state index contributed by atoms with van der Waals surface area (Å²) in [6.07, 6.45) is 2.22. The van der Waals surface area contributed by atoms with Gasteiger partial charge in [-0.3, -0.25) is 9.59 Å². The van der Waals surface area contributed by atoms with Gasteiger partial charge in [0.05, 0.1) is 19.6 Å². The fourth-order valence-corrected chi connectivity index (χ4v) is 0.893. The van der Waals surface area contributed by atoms with Gasteiger partial charge < -0.3 is 9.47 Å². The Kier molecular flexibility index (Phi) is 7.75. The van der Waals surface area contributed by atoms with E-state index in [1.807, 2.05) is 0 Å². The molecule has 5 nitrogen and oxygen atoms in total. The first kappa shape index (κ1) is 14.3. The molecule has 16 heavy (non-hydrogen) atoms. The van der Waals surface area contributed by atoms with E-state index in [4.69, 9.17) is 0 Å². The van der Waals surface area contributed by atoms with Crippen LogP contribution in [-0.4, -0.2) is 30.9 Å². The Labute approximate surface area is 94.4 Å². The molecule has 0 radical (unpaired) electrons. The van der Waals surface area contributed by atoms with Gasteiger partial charge in [-0.15, -0.1) is 0 Å². The van der Waals surface area contributed by atoms with Gasteiger partial charge >= 0.3 is 11.9 Å². The van der Waals surface area contributed by atoms with Crippen LogP contribution < -0.4 is 0 Å². The summed E-state index contributed by atoms with van der Waals surface area (Å²) in [6.45, 7) is 3.93. The highest BCUT2D eigenvalue weighted by Crippen LogP contribution is 1.96. The predicted octanol–water partition coefficient (Wildman–Crippen LogP) is 1.02. The van der Waals surface area contributed by atoms with Gasteiger partial charge in [-0.05, 0) is 19.9 Å². The molecule has 0 heterocycles. The van der Waals surface area contributed by atoms with Gasteiger partial charge in [0.2, 0.25) is 0 Å². The minimum absolute atomic E-state index is 0.0276. The Morgan fingerprint density at radius 2 is 1.56 bits per heavy atom. The summed E-state index contributed by atoms with van der Waals surface area (Å²) in [5.74, 6) is -1.28. The zero-order chi connectivity index (χ0) is 12.4. The van der Waals surface area contributed by atoms with Gasteiger partial charge in [0.15, 0.2) is 5.78 Å². The lowest BCUT2D eigenvalue weighted by atomic mass is 10.2. The van der Waals surface area contributed by atoms with E-state index in [0.717, 1.165) is 12.2 Å². The summed E-state index contributed by atoms with van der Waals surface area (Å²) in [5.41, 5.74) is 0. The van der Waals surface area contributed by atoms with E-state index in [2.05, 4.69) is 9.47 Å². The van der Waals surface area contributed by atoms with Crippen LogP contribution in [0.3, 0.4) is 0 Å². The van der Waals surface area contributed by atoms with Crippen LogP contribution >= 0.6 is 0 Å². The summed E-state index contributed by atoms with van der Waals surface area (Å²) in [6, 6.07) is 0. The molecule has 0 aliphatic rings. The van der Waals surface area contributed by atoms with Crippen LogP contribution in [0.15, 0.2) is 12.2 Å². The Balaban J connectivity index is 3.82. The molecule has 90 valence electrons. The second kappa shape index (κ2) is 8.64. The molecule has 0 spiro atoms. The summed E-state index contributed by atoms with van der Waals surface area (Å²) in [7, 11) is 0. The topological polar surface area (TPSA) is 69.7 Å². The molecule has 0 unspecified atom stereocenters. The van der Waals surface area contributed by atoms with Crippen molar-refractivity contribution in [3.63, 3.8) is 0 Å². The average Bonchev–Trinajstić information content (AvgIpc) is 2.24. The zero-order valence-corrected chi connectivity index (χ0v) is 9.52. The van der Waals surface area contributed by atoms with Gasteiger partial charge in [0.25, 0.3) is 0 Å². The number of esters is 2. The Morgan fingerprint density at radius 1 is 0.938 bits per heavy atom. The number of allylic oxidation sites excluding steroid dienone is 1. The van der Waals surface area contributed by atoms with Crippen LogP contribution in [0.2, 0.25) is 0 Å². The number of carbonyl (C=O) groups excluding carboxylic acids is 3. The highest BCUT2D eigenvalue weighted by atomic mass is 16.5. The Morgan fingerprint density at radius 3 is 2.12 bits per heavy atom. The third kappa shape index (κ3) is 7.73. The maximum Gasteiger partial charge on any atom is 0.330 e. The molecule has 0 saturated heterocycles. The van der Waals surface area contributed by atoms with E-state index < -0.39 is 11.9 Å². The molecule has 0 saturated carbocycles. The lowest BCUT2D eigenvalue weighted by Crippen LogP contribution is -2.07. The van der Waals surface area contributed by atoms with Gasteiger partial charge in [-0.2, -0.15) is 0 Å². The van der Waals surface area contributed by atoms with Crippen molar-refractivity contribution in [2.45, 2.75) is 26.7 Å². The standard InChI is InChI=1S/C11H16O5/c1-3-15-10(13)7-5-9(12)6-8-11(14)16-4-2/h5,7H,3-4,6,8H2,1-2H3/b7-5+. The molecule has 0 fully saturated rings. The Bertz CT molecular complexity index is 280. The second-order valence-corrected chi connectivity index (χ2v) is 2.86. The van der Waals surface area contributed by atoms with E-state index >= 15 is 0 Å². The van der Waals surface area contributed by atoms with Gasteiger partial charge in [0, 0.05) is 12.5 Å². The van der Waals surface area contributed by atoms with E-state index in [1.54, 1.807) is 13.8 Å². The predicted molar refractivity (Wildman–Crippen MR) is 56.6 cm³/mol. The Hall–Kier alpha value is -1.65. The maximum absolute atomic E-state index is 11.2. The van der Waals surface area contributed by atoms with Gasteiger partial charge in [-0.25, -0.2) is 4.79 Å². The van der Waals surface area contributed by atoms with Crippen LogP contribution in [0.1, 0.15) is 26.7 Å². The smallest absolute Gasteiger partial charge is 0.330 e. The summed E-state index contributed by atoms with van der Waals surface area (Å²) >= 11 is 0. The molecule has 5 heteroatoms. The van der Waals surface area contributed by atoms with E-state index in [1.165, 1.54) is 0 Å². The SMILES string of the molecule is CCOC(=O)/C=C/C(=O)CCC(=O)OCC. The molecule has 0 bridgehead atoms. The second-order valence-electron chi connectivity index (χ2n) is 2.86. The fourth-order valence-electron chi connectivity index (χ4n) is 0.893. The van der Waals surface area contributed by atoms with E-state index in [0.29, 0.717) is 6.61 Å². The van der Waals surface area contributed by atoms with Crippen LogP contribution in [-0.2, 0) is 23.9 Å². The van der Waals surface area contributed by atoms with Crippen molar-refractivity contribution in [2.24, 2.45) is 0 Å². The summed E-state index contributed by atoms with van der Waals surface area (Å²) < 4.78 is 9.24. The van der Waals surface area contributed by atoms with Crippen molar-refractivity contribution < 1.29 is 23.9 Å². The first-order valence-corrected chi connectivity index (χ1v) is 5.13. The van der Waals surface area contributed by atoms with Crippen molar-refractivity contribution in [1.29, 1.82) is 0 Å². The maximum atomic E-state index is 11.2. The van der Waals surface area contributed by atoms with Gasteiger partial charge in [0.1, 0.15) is 0 Å². The molecule has 0 aliphatic carbocycles. The van der Waals surface area contributed by atoms with E-state index in [-0.39, 0.29) is 25.2 Å². The monoisotopic (exact) mass is 228 g/mol. The molecule has 0 rings (SSSR count). The first-order chi connectivity index (χ1) is 7.60. The average molecular weight is 228 g/mol. The number of ether oxygens (including phenoxy) is 2. The largest absolute Gasteiger partial charge is 0.466 e. The molecule has 0 aromatic rings. The quantitative estimate of drug-likeness (QED) is 0.480. The van der Waals surface area contributed by atoms with Crippen LogP contribution in [0.25, 0.3) is 0 Å². The third-order valence-electron chi connectivity index (χ3n) is 1.57. The first-order valence-electron chi connectivity index (χ1n) is 5.13. The van der Waals surface area contributed by atoms with Gasteiger partial charge in [-0.1, -0.05) is 0 Å². The number of ketones is 1. The van der Waals surface area contributed by atoms with Crippen molar-refractivity contribution >= 4 is 17.7 Å². The van der Waals surface area contributed by atoms with E-state index in [9.17, 15) is 14.4 Å². The highest BCUT2D eigenvalue weighted by molar-refractivity contribution is 5.96. The number of carbonyl (C=O) groups is 3. The molecular formula is C11H16O5.